The maximum absolute atomic E-state index is 13.2. The number of benzene rings is 3. The largest absolute Gasteiger partial charge is 0.281 e. The van der Waals surface area contributed by atoms with Gasteiger partial charge in [-0.2, -0.15) is 0 Å². The van der Waals surface area contributed by atoms with Gasteiger partial charge >= 0.3 is 0 Å². The Morgan fingerprint density at radius 2 is 1.36 bits per heavy atom. The first-order chi connectivity index (χ1) is 13.5. The van der Waals surface area contributed by atoms with Crippen LogP contribution in [0.1, 0.15) is 20.7 Å². The number of carbonyl (C=O) groups is 2. The van der Waals surface area contributed by atoms with Gasteiger partial charge in [-0.25, -0.2) is 4.98 Å². The fourth-order valence-corrected chi connectivity index (χ4v) is 4.08. The van der Waals surface area contributed by atoms with E-state index >= 15 is 0 Å². The normalized spacial score (nSPS) is 10.9. The summed E-state index contributed by atoms with van der Waals surface area (Å²) in [5.41, 5.74) is 2.40. The molecule has 0 atom stereocenters. The lowest BCUT2D eigenvalue weighted by atomic mass is 10.2. The monoisotopic (exact) mass is 514 g/mol. The van der Waals surface area contributed by atoms with Crippen molar-refractivity contribution in [1.29, 1.82) is 0 Å². The summed E-state index contributed by atoms with van der Waals surface area (Å²) in [4.78, 5) is 30.5. The van der Waals surface area contributed by atoms with Crippen LogP contribution < -0.4 is 0 Å². The van der Waals surface area contributed by atoms with Crippen molar-refractivity contribution in [3.63, 3.8) is 0 Å². The minimum atomic E-state index is -0.229. The number of para-hydroxylation sites is 2. The van der Waals surface area contributed by atoms with E-state index in [1.54, 1.807) is 24.3 Å². The summed E-state index contributed by atoms with van der Waals surface area (Å²) in [6.45, 7) is 0. The first-order valence-electron chi connectivity index (χ1n) is 8.28. The van der Waals surface area contributed by atoms with Gasteiger partial charge in [0.2, 0.25) is 5.12 Å². The number of thioether (sulfide) groups is 1. The molecule has 0 bridgehead atoms. The van der Waals surface area contributed by atoms with Crippen LogP contribution in [0.25, 0.3) is 11.0 Å². The van der Waals surface area contributed by atoms with Gasteiger partial charge < -0.3 is 0 Å². The van der Waals surface area contributed by atoms with E-state index in [0.29, 0.717) is 27.3 Å². The highest BCUT2D eigenvalue weighted by molar-refractivity contribution is 9.10. The second kappa shape index (κ2) is 8.03. The van der Waals surface area contributed by atoms with E-state index in [0.717, 1.165) is 20.7 Å². The maximum Gasteiger partial charge on any atom is 0.264 e. The molecule has 4 nitrogen and oxygen atoms in total. The van der Waals surface area contributed by atoms with Crippen LogP contribution in [0.2, 0.25) is 0 Å². The molecule has 4 rings (SSSR count). The Labute approximate surface area is 182 Å². The molecule has 28 heavy (non-hydrogen) atoms. The van der Waals surface area contributed by atoms with E-state index in [9.17, 15) is 9.59 Å². The molecule has 0 amide bonds. The summed E-state index contributed by atoms with van der Waals surface area (Å²) >= 11 is 7.69. The number of carbonyl (C=O) groups excluding carboxylic acids is 2. The van der Waals surface area contributed by atoms with Crippen molar-refractivity contribution >= 4 is 65.7 Å². The molecule has 7 heteroatoms. The molecule has 0 N–H and O–H groups in total. The van der Waals surface area contributed by atoms with Gasteiger partial charge in [0, 0.05) is 20.1 Å². The number of halogens is 2. The van der Waals surface area contributed by atoms with Gasteiger partial charge in [0.25, 0.3) is 5.91 Å². The average molecular weight is 516 g/mol. The fourth-order valence-electron chi connectivity index (χ4n) is 2.72. The number of hydrogen-bond acceptors (Lipinski definition) is 4. The molecule has 0 saturated heterocycles. The van der Waals surface area contributed by atoms with Crippen LogP contribution in [-0.4, -0.2) is 20.6 Å². The smallest absolute Gasteiger partial charge is 0.264 e. The van der Waals surface area contributed by atoms with Crippen LogP contribution in [-0.2, 0) is 0 Å². The van der Waals surface area contributed by atoms with Gasteiger partial charge in [-0.3, -0.25) is 14.2 Å². The topological polar surface area (TPSA) is 52.0 Å². The van der Waals surface area contributed by atoms with E-state index in [1.807, 2.05) is 48.5 Å². The molecule has 138 valence electrons. The first-order valence-corrected chi connectivity index (χ1v) is 10.7. The molecule has 0 aliphatic rings. The van der Waals surface area contributed by atoms with Crippen LogP contribution in [0.3, 0.4) is 0 Å². The van der Waals surface area contributed by atoms with Crippen molar-refractivity contribution < 1.29 is 9.59 Å². The molecule has 0 radical (unpaired) electrons. The zero-order valence-corrected chi connectivity index (χ0v) is 18.3. The first kappa shape index (κ1) is 19.1. The number of nitrogens with zero attached hydrogens (tertiary/aromatic N) is 2. The number of imidazole rings is 1. The number of hydrogen-bond donors (Lipinski definition) is 0. The zero-order chi connectivity index (χ0) is 19.7. The van der Waals surface area contributed by atoms with E-state index in [-0.39, 0.29) is 11.0 Å². The van der Waals surface area contributed by atoms with Gasteiger partial charge in [-0.15, -0.1) is 0 Å². The predicted octanol–water partition coefficient (Wildman–Crippen LogP) is 6.18. The van der Waals surface area contributed by atoms with Crippen LogP contribution in [0, 0.1) is 0 Å². The Kier molecular flexibility index (Phi) is 5.48. The third-order valence-corrected chi connectivity index (χ3v) is 6.02. The Hall–Kier alpha value is -2.22. The van der Waals surface area contributed by atoms with E-state index in [2.05, 4.69) is 36.8 Å². The van der Waals surface area contributed by atoms with Crippen molar-refractivity contribution in [3.8, 4) is 0 Å². The summed E-state index contributed by atoms with van der Waals surface area (Å²) in [7, 11) is 0. The van der Waals surface area contributed by atoms with Crippen LogP contribution in [0.4, 0.5) is 0 Å². The Balaban J connectivity index is 1.76. The number of rotatable bonds is 3. The molecule has 1 heterocycles. The van der Waals surface area contributed by atoms with Gasteiger partial charge in [-0.1, -0.05) is 44.0 Å². The Morgan fingerprint density at radius 3 is 2.00 bits per heavy atom. The Bertz CT molecular complexity index is 1190. The molecule has 0 aliphatic carbocycles. The summed E-state index contributed by atoms with van der Waals surface area (Å²) < 4.78 is 3.28. The standard InChI is InChI=1S/C21H12Br2N2O2S/c22-15-9-5-13(6-10-15)19(26)25-18-4-2-1-3-17(18)24-21(25)28-20(27)14-7-11-16(23)12-8-14/h1-12H. The molecular weight excluding hydrogens is 504 g/mol. The lowest BCUT2D eigenvalue weighted by molar-refractivity contribution is 0.0955. The van der Waals surface area contributed by atoms with Crippen molar-refractivity contribution in [2.45, 2.75) is 5.16 Å². The molecule has 0 fully saturated rings. The molecule has 1 aromatic heterocycles. The lowest BCUT2D eigenvalue weighted by Gasteiger charge is -2.07. The van der Waals surface area contributed by atoms with E-state index < -0.39 is 0 Å². The van der Waals surface area contributed by atoms with E-state index in [4.69, 9.17) is 0 Å². The number of fused-ring (bicyclic) bond motifs is 1. The lowest BCUT2D eigenvalue weighted by Crippen LogP contribution is -2.13. The quantitative estimate of drug-likeness (QED) is 0.305. The highest BCUT2D eigenvalue weighted by Gasteiger charge is 2.21. The third-order valence-electron chi connectivity index (χ3n) is 4.09. The van der Waals surface area contributed by atoms with Gasteiger partial charge in [0.05, 0.1) is 11.0 Å². The summed E-state index contributed by atoms with van der Waals surface area (Å²) in [6, 6.07) is 21.6. The maximum atomic E-state index is 13.2. The fraction of sp³-hybridized carbons (Fsp3) is 0. The zero-order valence-electron chi connectivity index (χ0n) is 14.3. The molecule has 0 unspecified atom stereocenters. The minimum absolute atomic E-state index is 0.173. The minimum Gasteiger partial charge on any atom is -0.281 e. The van der Waals surface area contributed by atoms with Crippen molar-refractivity contribution in [2.24, 2.45) is 0 Å². The molecular formula is C21H12Br2N2O2S. The van der Waals surface area contributed by atoms with Gasteiger partial charge in [0.1, 0.15) is 0 Å². The second-order valence-corrected chi connectivity index (χ2v) is 8.70. The molecule has 0 saturated carbocycles. The van der Waals surface area contributed by atoms with Crippen LogP contribution in [0.15, 0.2) is 86.9 Å². The van der Waals surface area contributed by atoms with E-state index in [1.165, 1.54) is 4.57 Å². The summed E-state index contributed by atoms with van der Waals surface area (Å²) in [5.74, 6) is -0.229. The van der Waals surface area contributed by atoms with Crippen molar-refractivity contribution in [3.05, 3.63) is 92.9 Å². The molecule has 3 aromatic carbocycles. The highest BCUT2D eigenvalue weighted by Crippen LogP contribution is 2.28. The summed E-state index contributed by atoms with van der Waals surface area (Å²) in [6.07, 6.45) is 0. The van der Waals surface area contributed by atoms with Gasteiger partial charge in [-0.05, 0) is 72.4 Å². The number of aromatic nitrogens is 2. The summed E-state index contributed by atoms with van der Waals surface area (Å²) in [5, 5.41) is 0.176. The molecule has 4 aromatic rings. The molecule has 0 spiro atoms. The van der Waals surface area contributed by atoms with Crippen LogP contribution >= 0.6 is 43.6 Å². The van der Waals surface area contributed by atoms with Crippen molar-refractivity contribution in [2.75, 3.05) is 0 Å². The average Bonchev–Trinajstić information content (AvgIpc) is 3.06. The van der Waals surface area contributed by atoms with Crippen LogP contribution in [0.5, 0.6) is 0 Å². The Morgan fingerprint density at radius 1 is 0.786 bits per heavy atom. The molecule has 0 aliphatic heterocycles. The predicted molar refractivity (Wildman–Crippen MR) is 118 cm³/mol. The van der Waals surface area contributed by atoms with Crippen molar-refractivity contribution in [1.82, 2.24) is 9.55 Å². The third kappa shape index (κ3) is 3.83. The highest BCUT2D eigenvalue weighted by atomic mass is 79.9. The SMILES string of the molecule is O=C(Sc1nc2ccccc2n1C(=O)c1ccc(Br)cc1)c1ccc(Br)cc1. The van der Waals surface area contributed by atoms with Gasteiger partial charge in [0.15, 0.2) is 5.16 Å². The second-order valence-electron chi connectivity index (χ2n) is 5.93.